The fourth-order valence-electron chi connectivity index (χ4n) is 2.37. The molecule has 6 heteroatoms. The minimum atomic E-state index is -0.895. The lowest BCUT2D eigenvalue weighted by Crippen LogP contribution is -2.49. The number of carbonyl (C=O) groups excluding carboxylic acids is 1. The first-order valence-electron chi connectivity index (χ1n) is 6.31. The van der Waals surface area contributed by atoms with Gasteiger partial charge in [0.05, 0.1) is 18.1 Å². The van der Waals surface area contributed by atoms with Gasteiger partial charge in [-0.15, -0.1) is 0 Å². The van der Waals surface area contributed by atoms with Crippen LogP contribution in [0.5, 0.6) is 0 Å². The number of carbonyl (C=O) groups is 2. The van der Waals surface area contributed by atoms with Crippen molar-refractivity contribution in [1.82, 2.24) is 4.90 Å². The molecule has 1 fully saturated rings. The van der Waals surface area contributed by atoms with Crippen LogP contribution in [0.15, 0.2) is 0 Å². The van der Waals surface area contributed by atoms with E-state index in [1.165, 1.54) is 12.0 Å². The molecule has 0 aliphatic carbocycles. The van der Waals surface area contributed by atoms with Gasteiger partial charge in [0.1, 0.15) is 5.60 Å². The van der Waals surface area contributed by atoms with E-state index in [-0.39, 0.29) is 13.2 Å². The van der Waals surface area contributed by atoms with Crippen LogP contribution in [0.25, 0.3) is 0 Å². The van der Waals surface area contributed by atoms with E-state index in [0.717, 1.165) is 0 Å². The van der Waals surface area contributed by atoms with Gasteiger partial charge in [-0.2, -0.15) is 0 Å². The van der Waals surface area contributed by atoms with E-state index in [1.807, 2.05) is 6.92 Å². The summed E-state index contributed by atoms with van der Waals surface area (Å²) in [6.45, 7) is 7.61. The number of hydrogen-bond donors (Lipinski definition) is 1. The van der Waals surface area contributed by atoms with Gasteiger partial charge in [0, 0.05) is 13.7 Å². The Kier molecular flexibility index (Phi) is 4.45. The topological polar surface area (TPSA) is 76.1 Å². The quantitative estimate of drug-likeness (QED) is 0.847. The molecule has 1 amide bonds. The standard InChI is InChI=1S/C13H23NO5/c1-12(2,3)19-11(17)14-7-9(10(15)16)6-13(14,4)8-18-5/h9H,6-8H2,1-5H3,(H,15,16)/t9-,13-/m0/s1. The zero-order valence-electron chi connectivity index (χ0n) is 12.2. The van der Waals surface area contributed by atoms with Crippen LogP contribution >= 0.6 is 0 Å². The SMILES string of the molecule is COC[C@]1(C)C[C@H](C(=O)O)CN1C(=O)OC(C)(C)C. The van der Waals surface area contributed by atoms with Crippen LogP contribution in [0, 0.1) is 5.92 Å². The molecular formula is C13H23NO5. The molecule has 110 valence electrons. The first kappa shape index (κ1) is 15.8. The Bertz CT molecular complexity index is 363. The van der Waals surface area contributed by atoms with Crippen molar-refractivity contribution < 1.29 is 24.2 Å². The molecule has 0 unspecified atom stereocenters. The fourth-order valence-corrected chi connectivity index (χ4v) is 2.37. The maximum absolute atomic E-state index is 12.2. The van der Waals surface area contributed by atoms with E-state index in [9.17, 15) is 9.59 Å². The van der Waals surface area contributed by atoms with Crippen molar-refractivity contribution in [1.29, 1.82) is 0 Å². The Balaban J connectivity index is 2.89. The zero-order valence-corrected chi connectivity index (χ0v) is 12.2. The molecule has 1 aliphatic heterocycles. The summed E-state index contributed by atoms with van der Waals surface area (Å²) < 4.78 is 10.5. The number of likely N-dealkylation sites (tertiary alicyclic amines) is 1. The Morgan fingerprint density at radius 3 is 2.42 bits per heavy atom. The van der Waals surface area contributed by atoms with Gasteiger partial charge in [-0.25, -0.2) is 4.79 Å². The van der Waals surface area contributed by atoms with E-state index in [4.69, 9.17) is 14.6 Å². The normalized spacial score (nSPS) is 27.4. The molecule has 0 aromatic heterocycles. The van der Waals surface area contributed by atoms with E-state index < -0.39 is 29.1 Å². The van der Waals surface area contributed by atoms with Crippen LogP contribution in [0.2, 0.25) is 0 Å². The van der Waals surface area contributed by atoms with Crippen molar-refractivity contribution in [2.24, 2.45) is 5.92 Å². The highest BCUT2D eigenvalue weighted by Gasteiger charge is 2.48. The summed E-state index contributed by atoms with van der Waals surface area (Å²) in [5, 5.41) is 9.13. The number of ether oxygens (including phenoxy) is 2. The number of rotatable bonds is 3. The summed E-state index contributed by atoms with van der Waals surface area (Å²) in [7, 11) is 1.53. The number of methoxy groups -OCH3 is 1. The van der Waals surface area contributed by atoms with Gasteiger partial charge in [0.25, 0.3) is 0 Å². The second-order valence-corrected chi connectivity index (χ2v) is 6.26. The molecule has 1 saturated heterocycles. The second kappa shape index (κ2) is 5.36. The van der Waals surface area contributed by atoms with E-state index in [0.29, 0.717) is 6.42 Å². The third-order valence-corrected chi connectivity index (χ3v) is 3.16. The van der Waals surface area contributed by atoms with Crippen LogP contribution in [0.4, 0.5) is 4.79 Å². The highest BCUT2D eigenvalue weighted by atomic mass is 16.6. The van der Waals surface area contributed by atoms with Crippen molar-refractivity contribution >= 4 is 12.1 Å². The van der Waals surface area contributed by atoms with Crippen LogP contribution in [0.1, 0.15) is 34.1 Å². The molecule has 0 bridgehead atoms. The maximum atomic E-state index is 12.2. The minimum Gasteiger partial charge on any atom is -0.481 e. The van der Waals surface area contributed by atoms with Crippen LogP contribution in [0.3, 0.4) is 0 Å². The number of nitrogens with zero attached hydrogens (tertiary/aromatic N) is 1. The zero-order chi connectivity index (χ0) is 14.8. The Morgan fingerprint density at radius 2 is 2.00 bits per heavy atom. The van der Waals surface area contributed by atoms with Crippen LogP contribution in [-0.2, 0) is 14.3 Å². The lowest BCUT2D eigenvalue weighted by molar-refractivity contribution is -0.141. The van der Waals surface area contributed by atoms with Crippen LogP contribution < -0.4 is 0 Å². The molecule has 1 aliphatic rings. The second-order valence-electron chi connectivity index (χ2n) is 6.26. The van der Waals surface area contributed by atoms with Gasteiger partial charge >= 0.3 is 12.1 Å². The molecule has 1 N–H and O–H groups in total. The number of hydrogen-bond acceptors (Lipinski definition) is 4. The maximum Gasteiger partial charge on any atom is 0.410 e. The summed E-state index contributed by atoms with van der Waals surface area (Å²) in [5.41, 5.74) is -1.24. The van der Waals surface area contributed by atoms with E-state index >= 15 is 0 Å². The van der Waals surface area contributed by atoms with Gasteiger partial charge in [0.15, 0.2) is 0 Å². The van der Waals surface area contributed by atoms with Crippen molar-refractivity contribution in [2.75, 3.05) is 20.3 Å². The van der Waals surface area contributed by atoms with Crippen molar-refractivity contribution in [2.45, 2.75) is 45.3 Å². The van der Waals surface area contributed by atoms with Crippen LogP contribution in [-0.4, -0.2) is 53.5 Å². The molecule has 0 spiro atoms. The third-order valence-electron chi connectivity index (χ3n) is 3.16. The summed E-state index contributed by atoms with van der Waals surface area (Å²) in [6.07, 6.45) is -0.120. The molecular weight excluding hydrogens is 250 g/mol. The Labute approximate surface area is 113 Å². The number of carboxylic acid groups (broad SMARTS) is 1. The van der Waals surface area contributed by atoms with Crippen molar-refractivity contribution in [3.8, 4) is 0 Å². The lowest BCUT2D eigenvalue weighted by Gasteiger charge is -2.35. The van der Waals surface area contributed by atoms with E-state index in [1.54, 1.807) is 20.8 Å². The summed E-state index contributed by atoms with van der Waals surface area (Å²) >= 11 is 0. The lowest BCUT2D eigenvalue weighted by atomic mass is 9.95. The number of carboxylic acids is 1. The molecule has 19 heavy (non-hydrogen) atoms. The third kappa shape index (κ3) is 3.83. The molecule has 0 aromatic rings. The Morgan fingerprint density at radius 1 is 1.42 bits per heavy atom. The van der Waals surface area contributed by atoms with Crippen molar-refractivity contribution in [3.05, 3.63) is 0 Å². The largest absolute Gasteiger partial charge is 0.481 e. The Hall–Kier alpha value is -1.30. The first-order valence-corrected chi connectivity index (χ1v) is 6.31. The van der Waals surface area contributed by atoms with Gasteiger partial charge < -0.3 is 14.6 Å². The molecule has 1 rings (SSSR count). The molecule has 0 saturated carbocycles. The first-order chi connectivity index (χ1) is 8.59. The molecule has 0 aromatic carbocycles. The number of aliphatic carboxylic acids is 1. The smallest absolute Gasteiger partial charge is 0.410 e. The molecule has 0 radical (unpaired) electrons. The molecule has 6 nitrogen and oxygen atoms in total. The van der Waals surface area contributed by atoms with Gasteiger partial charge in [-0.05, 0) is 34.1 Å². The van der Waals surface area contributed by atoms with Gasteiger partial charge in [0.2, 0.25) is 0 Å². The van der Waals surface area contributed by atoms with E-state index in [2.05, 4.69) is 0 Å². The van der Waals surface area contributed by atoms with Gasteiger partial charge in [-0.3, -0.25) is 9.69 Å². The summed E-state index contributed by atoms with van der Waals surface area (Å²) in [4.78, 5) is 24.8. The predicted molar refractivity (Wildman–Crippen MR) is 69.0 cm³/mol. The fraction of sp³-hybridized carbons (Fsp3) is 0.846. The van der Waals surface area contributed by atoms with Gasteiger partial charge in [-0.1, -0.05) is 0 Å². The molecule has 1 heterocycles. The minimum absolute atomic E-state index is 0.157. The number of amides is 1. The summed E-state index contributed by atoms with van der Waals surface area (Å²) in [6, 6.07) is 0. The highest BCUT2D eigenvalue weighted by molar-refractivity contribution is 5.75. The monoisotopic (exact) mass is 273 g/mol. The highest BCUT2D eigenvalue weighted by Crippen LogP contribution is 2.34. The predicted octanol–water partition coefficient (Wildman–Crippen LogP) is 1.73. The average molecular weight is 273 g/mol. The van der Waals surface area contributed by atoms with Crippen molar-refractivity contribution in [3.63, 3.8) is 0 Å². The summed E-state index contributed by atoms with van der Waals surface area (Å²) in [5.74, 6) is -1.47. The molecule has 2 atom stereocenters. The average Bonchev–Trinajstić information content (AvgIpc) is 2.54.